The molecule has 1 N–H and O–H groups in total. The standard InChI is InChI=1S/C19H22ClNO4S/c1-12-9-13(2)17(14(3)10-12)11-18(19(22)23)21(4)26(24,25)16-7-5-15(20)6-8-16/h5-10,18H,11H2,1-4H3,(H,22,23)/t18-/m1/s1. The molecule has 2 rings (SSSR count). The quantitative estimate of drug-likeness (QED) is 0.811. The number of aliphatic carboxylic acids is 1. The molecule has 0 saturated carbocycles. The van der Waals surface area contributed by atoms with E-state index in [1.165, 1.54) is 31.3 Å². The smallest absolute Gasteiger partial charge is 0.322 e. The third-order valence-electron chi connectivity index (χ3n) is 4.45. The Morgan fingerprint density at radius 3 is 2.08 bits per heavy atom. The van der Waals surface area contributed by atoms with E-state index in [0.717, 1.165) is 26.6 Å². The van der Waals surface area contributed by atoms with Gasteiger partial charge < -0.3 is 5.11 Å². The lowest BCUT2D eigenvalue weighted by molar-refractivity contribution is -0.141. The predicted octanol–water partition coefficient (Wildman–Crippen LogP) is 3.58. The largest absolute Gasteiger partial charge is 0.480 e. The van der Waals surface area contributed by atoms with Gasteiger partial charge in [-0.1, -0.05) is 29.3 Å². The van der Waals surface area contributed by atoms with E-state index in [4.69, 9.17) is 11.6 Å². The highest BCUT2D eigenvalue weighted by Crippen LogP contribution is 2.24. The van der Waals surface area contributed by atoms with Crippen molar-refractivity contribution >= 4 is 27.6 Å². The van der Waals surface area contributed by atoms with Gasteiger partial charge in [0.1, 0.15) is 6.04 Å². The fraction of sp³-hybridized carbons (Fsp3) is 0.316. The predicted molar refractivity (Wildman–Crippen MR) is 102 cm³/mol. The number of aryl methyl sites for hydroxylation is 3. The van der Waals surface area contributed by atoms with E-state index in [1.807, 2.05) is 32.9 Å². The van der Waals surface area contributed by atoms with Gasteiger partial charge in [0, 0.05) is 18.5 Å². The van der Waals surface area contributed by atoms with Crippen molar-refractivity contribution in [3.8, 4) is 0 Å². The van der Waals surface area contributed by atoms with Crippen LogP contribution in [0.25, 0.3) is 0 Å². The van der Waals surface area contributed by atoms with Crippen molar-refractivity contribution in [1.82, 2.24) is 4.31 Å². The van der Waals surface area contributed by atoms with E-state index >= 15 is 0 Å². The maximum Gasteiger partial charge on any atom is 0.322 e. The molecule has 0 radical (unpaired) electrons. The molecule has 7 heteroatoms. The summed E-state index contributed by atoms with van der Waals surface area (Å²) in [4.78, 5) is 11.8. The monoisotopic (exact) mass is 395 g/mol. The molecule has 0 aliphatic heterocycles. The first kappa shape index (κ1) is 20.4. The van der Waals surface area contributed by atoms with Gasteiger partial charge in [-0.3, -0.25) is 4.79 Å². The normalized spacial score (nSPS) is 13.0. The molecule has 0 aliphatic carbocycles. The molecule has 1 atom stereocenters. The minimum Gasteiger partial charge on any atom is -0.480 e. The Hall–Kier alpha value is -1.89. The first-order valence-corrected chi connectivity index (χ1v) is 9.89. The summed E-state index contributed by atoms with van der Waals surface area (Å²) < 4.78 is 26.6. The van der Waals surface area contributed by atoms with Crippen LogP contribution in [-0.4, -0.2) is 36.9 Å². The first-order valence-electron chi connectivity index (χ1n) is 8.07. The van der Waals surface area contributed by atoms with E-state index in [2.05, 4.69) is 0 Å². The first-order chi connectivity index (χ1) is 12.0. The van der Waals surface area contributed by atoms with Crippen LogP contribution in [0.15, 0.2) is 41.3 Å². The molecule has 0 heterocycles. The summed E-state index contributed by atoms with van der Waals surface area (Å²) in [5, 5.41) is 10.1. The maximum atomic E-state index is 12.8. The van der Waals surface area contributed by atoms with E-state index < -0.39 is 22.0 Å². The summed E-state index contributed by atoms with van der Waals surface area (Å²) in [6.45, 7) is 5.78. The van der Waals surface area contributed by atoms with Gasteiger partial charge in [0.2, 0.25) is 10.0 Å². The zero-order chi connectivity index (χ0) is 19.6. The molecule has 0 bridgehead atoms. The van der Waals surface area contributed by atoms with Crippen molar-refractivity contribution in [2.24, 2.45) is 0 Å². The second-order valence-electron chi connectivity index (χ2n) is 6.41. The lowest BCUT2D eigenvalue weighted by Crippen LogP contribution is -2.44. The number of halogens is 1. The molecule has 5 nitrogen and oxygen atoms in total. The van der Waals surface area contributed by atoms with Crippen LogP contribution in [-0.2, 0) is 21.2 Å². The number of carboxylic acid groups (broad SMARTS) is 1. The van der Waals surface area contributed by atoms with Crippen molar-refractivity contribution in [1.29, 1.82) is 0 Å². The average molecular weight is 396 g/mol. The minimum atomic E-state index is -3.96. The van der Waals surface area contributed by atoms with Gasteiger partial charge in [-0.2, -0.15) is 4.31 Å². The molecule has 0 unspecified atom stereocenters. The number of nitrogens with zero attached hydrogens (tertiary/aromatic N) is 1. The number of likely N-dealkylation sites (N-methyl/N-ethyl adjacent to an activating group) is 1. The zero-order valence-corrected chi connectivity index (χ0v) is 16.7. The highest BCUT2D eigenvalue weighted by Gasteiger charge is 2.33. The molecular weight excluding hydrogens is 374 g/mol. The van der Waals surface area contributed by atoms with Gasteiger partial charge in [0.15, 0.2) is 0 Å². The number of sulfonamides is 1. The zero-order valence-electron chi connectivity index (χ0n) is 15.2. The molecule has 2 aromatic carbocycles. The number of hydrogen-bond acceptors (Lipinski definition) is 3. The van der Waals surface area contributed by atoms with Crippen LogP contribution in [0.5, 0.6) is 0 Å². The number of rotatable bonds is 6. The summed E-state index contributed by atoms with van der Waals surface area (Å²) in [6, 6.07) is 8.39. The second-order valence-corrected chi connectivity index (χ2v) is 8.84. The SMILES string of the molecule is Cc1cc(C)c(C[C@H](C(=O)O)N(C)S(=O)(=O)c2ccc(Cl)cc2)c(C)c1. The number of carboxylic acids is 1. The van der Waals surface area contributed by atoms with Crippen LogP contribution in [0.2, 0.25) is 5.02 Å². The lowest BCUT2D eigenvalue weighted by Gasteiger charge is -2.25. The van der Waals surface area contributed by atoms with E-state index in [1.54, 1.807) is 0 Å². The Kier molecular flexibility index (Phi) is 6.11. The summed E-state index contributed by atoms with van der Waals surface area (Å²) >= 11 is 5.81. The molecule has 0 spiro atoms. The van der Waals surface area contributed by atoms with Gasteiger partial charge in [-0.05, 0) is 61.7 Å². The third kappa shape index (κ3) is 4.26. The van der Waals surface area contributed by atoms with Crippen LogP contribution in [0.1, 0.15) is 22.3 Å². The fourth-order valence-corrected chi connectivity index (χ4v) is 4.48. The molecule has 2 aromatic rings. The van der Waals surface area contributed by atoms with Crippen LogP contribution < -0.4 is 0 Å². The Morgan fingerprint density at radius 2 is 1.62 bits per heavy atom. The van der Waals surface area contributed by atoms with Crippen molar-refractivity contribution in [3.05, 3.63) is 63.7 Å². The molecule has 0 aromatic heterocycles. The van der Waals surface area contributed by atoms with Gasteiger partial charge in [0.05, 0.1) is 4.90 Å². The molecule has 140 valence electrons. The van der Waals surface area contributed by atoms with Gasteiger partial charge in [0.25, 0.3) is 0 Å². The number of carbonyl (C=O) groups is 1. The van der Waals surface area contributed by atoms with Crippen LogP contribution in [0.3, 0.4) is 0 Å². The molecule has 0 aliphatic rings. The maximum absolute atomic E-state index is 12.8. The molecule has 0 saturated heterocycles. The summed E-state index contributed by atoms with van der Waals surface area (Å²) in [6.07, 6.45) is 0.0938. The van der Waals surface area contributed by atoms with Crippen molar-refractivity contribution in [2.75, 3.05) is 7.05 Å². The Bertz CT molecular complexity index is 900. The molecule has 26 heavy (non-hydrogen) atoms. The Labute approximate surface area is 159 Å². The van der Waals surface area contributed by atoms with Crippen molar-refractivity contribution in [3.63, 3.8) is 0 Å². The minimum absolute atomic E-state index is 0.00741. The van der Waals surface area contributed by atoms with Crippen molar-refractivity contribution < 1.29 is 18.3 Å². The van der Waals surface area contributed by atoms with Gasteiger partial charge in [-0.25, -0.2) is 8.42 Å². The van der Waals surface area contributed by atoms with Gasteiger partial charge >= 0.3 is 5.97 Å². The van der Waals surface area contributed by atoms with E-state index in [0.29, 0.717) is 5.02 Å². The summed E-state index contributed by atoms with van der Waals surface area (Å²) in [5.74, 6) is -1.19. The highest BCUT2D eigenvalue weighted by molar-refractivity contribution is 7.89. The van der Waals surface area contributed by atoms with Crippen LogP contribution in [0.4, 0.5) is 0 Å². The second kappa shape index (κ2) is 7.78. The summed E-state index contributed by atoms with van der Waals surface area (Å²) in [7, 11) is -2.67. The third-order valence-corrected chi connectivity index (χ3v) is 6.59. The van der Waals surface area contributed by atoms with Crippen molar-refractivity contribution in [2.45, 2.75) is 38.1 Å². The van der Waals surface area contributed by atoms with E-state index in [9.17, 15) is 18.3 Å². The number of benzene rings is 2. The average Bonchev–Trinajstić information content (AvgIpc) is 2.53. The van der Waals surface area contributed by atoms with Gasteiger partial charge in [-0.15, -0.1) is 0 Å². The molecule has 0 amide bonds. The Morgan fingerprint density at radius 1 is 1.12 bits per heavy atom. The van der Waals surface area contributed by atoms with E-state index in [-0.39, 0.29) is 11.3 Å². The number of hydrogen-bond donors (Lipinski definition) is 1. The molecule has 0 fully saturated rings. The Balaban J connectivity index is 2.41. The van der Waals surface area contributed by atoms with Crippen LogP contribution in [0, 0.1) is 20.8 Å². The fourth-order valence-electron chi connectivity index (χ4n) is 3.04. The summed E-state index contributed by atoms with van der Waals surface area (Å²) in [5.41, 5.74) is 3.83. The van der Waals surface area contributed by atoms with Crippen LogP contribution >= 0.6 is 11.6 Å². The highest BCUT2D eigenvalue weighted by atomic mass is 35.5. The molecular formula is C19H22ClNO4S. The topological polar surface area (TPSA) is 74.7 Å². The lowest BCUT2D eigenvalue weighted by atomic mass is 9.94.